The number of anilines is 2. The lowest BCUT2D eigenvalue weighted by Gasteiger charge is -2.21. The van der Waals surface area contributed by atoms with Crippen LogP contribution in [0, 0.1) is 0 Å². The van der Waals surface area contributed by atoms with E-state index in [0.717, 1.165) is 9.47 Å². The highest BCUT2D eigenvalue weighted by molar-refractivity contribution is 8.02. The van der Waals surface area contributed by atoms with Gasteiger partial charge in [0.1, 0.15) is 0 Å². The van der Waals surface area contributed by atoms with Crippen molar-refractivity contribution >= 4 is 63.0 Å². The Balaban J connectivity index is 1.54. The second kappa shape index (κ2) is 9.26. The fourth-order valence-corrected chi connectivity index (χ4v) is 5.08. The van der Waals surface area contributed by atoms with E-state index in [1.807, 2.05) is 6.92 Å². The lowest BCUT2D eigenvalue weighted by atomic mass is 9.96. The summed E-state index contributed by atoms with van der Waals surface area (Å²) >= 11 is 14.9. The second-order valence-corrected chi connectivity index (χ2v) is 9.63. The van der Waals surface area contributed by atoms with Crippen molar-refractivity contribution in [2.75, 3.05) is 10.6 Å². The van der Waals surface area contributed by atoms with Crippen LogP contribution in [0.4, 0.5) is 10.8 Å². The van der Waals surface area contributed by atoms with Crippen molar-refractivity contribution in [3.8, 4) is 0 Å². The molecular formula is C17H20Cl2N4OS2. The van der Waals surface area contributed by atoms with Gasteiger partial charge in [-0.3, -0.25) is 4.79 Å². The molecule has 0 spiro atoms. The van der Waals surface area contributed by atoms with Gasteiger partial charge in [-0.25, -0.2) is 0 Å². The van der Waals surface area contributed by atoms with E-state index in [9.17, 15) is 4.79 Å². The van der Waals surface area contributed by atoms with Crippen LogP contribution in [-0.4, -0.2) is 27.4 Å². The Morgan fingerprint density at radius 1 is 1.27 bits per heavy atom. The molecule has 1 atom stereocenters. The van der Waals surface area contributed by atoms with E-state index in [1.165, 1.54) is 55.2 Å². The summed E-state index contributed by atoms with van der Waals surface area (Å²) in [4.78, 5) is 12.4. The average Bonchev–Trinajstić information content (AvgIpc) is 3.05. The molecule has 2 aromatic rings. The number of hydrogen-bond acceptors (Lipinski definition) is 6. The third kappa shape index (κ3) is 5.49. The maximum absolute atomic E-state index is 12.4. The van der Waals surface area contributed by atoms with Crippen LogP contribution in [-0.2, 0) is 4.79 Å². The van der Waals surface area contributed by atoms with Gasteiger partial charge in [-0.1, -0.05) is 65.6 Å². The van der Waals surface area contributed by atoms with Gasteiger partial charge in [-0.2, -0.15) is 0 Å². The molecule has 1 fully saturated rings. The molecule has 26 heavy (non-hydrogen) atoms. The number of amides is 1. The molecule has 1 unspecified atom stereocenters. The molecule has 3 rings (SSSR count). The molecule has 1 saturated carbocycles. The predicted molar refractivity (Wildman–Crippen MR) is 111 cm³/mol. The number of thioether (sulfide) groups is 1. The number of nitrogens with zero attached hydrogens (tertiary/aromatic N) is 2. The molecule has 0 bridgehead atoms. The van der Waals surface area contributed by atoms with Crippen molar-refractivity contribution in [1.29, 1.82) is 0 Å². The Hall–Kier alpha value is -1.02. The van der Waals surface area contributed by atoms with E-state index in [1.54, 1.807) is 18.2 Å². The molecule has 0 saturated heterocycles. The number of hydrogen-bond donors (Lipinski definition) is 2. The minimum absolute atomic E-state index is 0.156. The van der Waals surface area contributed by atoms with Gasteiger partial charge in [0.15, 0.2) is 4.34 Å². The first-order valence-electron chi connectivity index (χ1n) is 8.54. The van der Waals surface area contributed by atoms with Crippen LogP contribution in [0.25, 0.3) is 0 Å². The minimum Gasteiger partial charge on any atom is -0.357 e. The van der Waals surface area contributed by atoms with Gasteiger partial charge < -0.3 is 10.6 Å². The molecule has 9 heteroatoms. The highest BCUT2D eigenvalue weighted by atomic mass is 35.5. The number of carbonyl (C=O) groups is 1. The Labute approximate surface area is 171 Å². The van der Waals surface area contributed by atoms with E-state index in [2.05, 4.69) is 20.8 Å². The van der Waals surface area contributed by atoms with E-state index >= 15 is 0 Å². The van der Waals surface area contributed by atoms with E-state index in [0.29, 0.717) is 21.8 Å². The van der Waals surface area contributed by atoms with Crippen molar-refractivity contribution < 1.29 is 4.79 Å². The Kier molecular flexibility index (Phi) is 7.03. The molecule has 1 amide bonds. The summed E-state index contributed by atoms with van der Waals surface area (Å²) in [7, 11) is 0. The second-order valence-electron chi connectivity index (χ2n) is 6.23. The maximum atomic E-state index is 12.4. The van der Waals surface area contributed by atoms with Crippen molar-refractivity contribution in [2.45, 2.75) is 54.7 Å². The average molecular weight is 431 g/mol. The number of carbonyl (C=O) groups excluding carboxylic acids is 1. The van der Waals surface area contributed by atoms with Gasteiger partial charge in [0.2, 0.25) is 11.0 Å². The van der Waals surface area contributed by atoms with Gasteiger partial charge in [0.25, 0.3) is 0 Å². The van der Waals surface area contributed by atoms with Crippen LogP contribution >= 0.6 is 46.3 Å². The summed E-state index contributed by atoms with van der Waals surface area (Å²) in [6.07, 6.45) is 6.21. The van der Waals surface area contributed by atoms with Crippen LogP contribution in [0.3, 0.4) is 0 Å². The topological polar surface area (TPSA) is 66.9 Å². The molecule has 1 aromatic carbocycles. The van der Waals surface area contributed by atoms with Crippen molar-refractivity contribution in [1.82, 2.24) is 10.2 Å². The summed E-state index contributed by atoms with van der Waals surface area (Å²) < 4.78 is 0.767. The van der Waals surface area contributed by atoms with Crippen LogP contribution in [0.2, 0.25) is 10.0 Å². The normalized spacial score (nSPS) is 16.3. The lowest BCUT2D eigenvalue weighted by Crippen LogP contribution is -2.22. The van der Waals surface area contributed by atoms with Gasteiger partial charge in [-0.15, -0.1) is 10.2 Å². The quantitative estimate of drug-likeness (QED) is 0.574. The highest BCUT2D eigenvalue weighted by Crippen LogP contribution is 2.32. The van der Waals surface area contributed by atoms with Gasteiger partial charge in [-0.05, 0) is 38.0 Å². The predicted octanol–water partition coefficient (Wildman–Crippen LogP) is 5.71. The van der Waals surface area contributed by atoms with E-state index in [4.69, 9.17) is 23.2 Å². The number of rotatable bonds is 6. The minimum atomic E-state index is -0.333. The molecule has 5 nitrogen and oxygen atoms in total. The molecular weight excluding hydrogens is 411 g/mol. The molecule has 2 N–H and O–H groups in total. The number of aromatic nitrogens is 2. The van der Waals surface area contributed by atoms with Crippen LogP contribution < -0.4 is 10.6 Å². The smallest absolute Gasteiger partial charge is 0.237 e. The van der Waals surface area contributed by atoms with Crippen molar-refractivity contribution in [3.05, 3.63) is 28.2 Å². The monoisotopic (exact) mass is 430 g/mol. The highest BCUT2D eigenvalue weighted by Gasteiger charge is 2.20. The summed E-state index contributed by atoms with van der Waals surface area (Å²) in [6.45, 7) is 1.83. The third-order valence-electron chi connectivity index (χ3n) is 4.17. The zero-order chi connectivity index (χ0) is 18.5. The number of halogens is 2. The molecule has 1 aliphatic rings. The standard InChI is InChI=1S/C17H20Cl2N4OS2/c1-10(15(24)21-14-9-11(18)7-8-13(14)19)25-17-23-22-16(26-17)20-12-5-3-2-4-6-12/h7-10,12H,2-6H2,1H3,(H,20,22)(H,21,24). The number of benzene rings is 1. The summed E-state index contributed by atoms with van der Waals surface area (Å²) in [5, 5.41) is 16.1. The van der Waals surface area contributed by atoms with Crippen molar-refractivity contribution in [3.63, 3.8) is 0 Å². The van der Waals surface area contributed by atoms with E-state index in [-0.39, 0.29) is 11.2 Å². The fraction of sp³-hybridized carbons (Fsp3) is 0.471. The van der Waals surface area contributed by atoms with Gasteiger partial charge >= 0.3 is 0 Å². The first kappa shape index (κ1) is 19.7. The summed E-state index contributed by atoms with van der Waals surface area (Å²) in [5.41, 5.74) is 0.508. The molecule has 1 aliphatic carbocycles. The molecule has 0 radical (unpaired) electrons. The zero-order valence-corrected chi connectivity index (χ0v) is 17.4. The first-order valence-corrected chi connectivity index (χ1v) is 11.0. The van der Waals surface area contributed by atoms with Gasteiger partial charge in [0.05, 0.1) is 16.0 Å². The third-order valence-corrected chi connectivity index (χ3v) is 6.78. The summed E-state index contributed by atoms with van der Waals surface area (Å²) in [6, 6.07) is 5.46. The largest absolute Gasteiger partial charge is 0.357 e. The van der Waals surface area contributed by atoms with Crippen molar-refractivity contribution in [2.24, 2.45) is 0 Å². The molecule has 1 heterocycles. The molecule has 0 aliphatic heterocycles. The summed E-state index contributed by atoms with van der Waals surface area (Å²) in [5.74, 6) is -0.156. The van der Waals surface area contributed by atoms with Gasteiger partial charge in [0, 0.05) is 11.1 Å². The van der Waals surface area contributed by atoms with Crippen LogP contribution in [0.5, 0.6) is 0 Å². The molecule has 140 valence electrons. The zero-order valence-electron chi connectivity index (χ0n) is 14.3. The Morgan fingerprint density at radius 3 is 2.81 bits per heavy atom. The Morgan fingerprint density at radius 2 is 2.04 bits per heavy atom. The number of nitrogens with one attached hydrogen (secondary N) is 2. The fourth-order valence-electron chi connectivity index (χ4n) is 2.77. The molecule has 1 aromatic heterocycles. The van der Waals surface area contributed by atoms with Crippen LogP contribution in [0.1, 0.15) is 39.0 Å². The Bertz CT molecular complexity index is 765. The van der Waals surface area contributed by atoms with E-state index < -0.39 is 0 Å². The van der Waals surface area contributed by atoms with Crippen LogP contribution in [0.15, 0.2) is 22.5 Å². The first-order chi connectivity index (χ1) is 12.5. The maximum Gasteiger partial charge on any atom is 0.237 e. The lowest BCUT2D eigenvalue weighted by molar-refractivity contribution is -0.115. The SMILES string of the molecule is CC(Sc1nnc(NC2CCCCC2)s1)C(=O)Nc1cc(Cl)ccc1Cl.